The summed E-state index contributed by atoms with van der Waals surface area (Å²) in [5, 5.41) is 0. The van der Waals surface area contributed by atoms with Crippen molar-refractivity contribution in [3.8, 4) is 0 Å². The third-order valence-corrected chi connectivity index (χ3v) is 5.39. The molecule has 3 heterocycles. The second-order valence-electron chi connectivity index (χ2n) is 6.82. The van der Waals surface area contributed by atoms with Crippen LogP contribution in [-0.4, -0.2) is 56.8 Å². The van der Waals surface area contributed by atoms with Crippen molar-refractivity contribution in [3.05, 3.63) is 23.7 Å². The average molecular weight is 356 g/mol. The van der Waals surface area contributed by atoms with E-state index in [2.05, 4.69) is 4.72 Å². The SMILES string of the molecule is Cc1ccc(C(=O)N2CC[C@]3(CCC[C@@H](CNS(C)(=O)=O)O3)C2)o1. The van der Waals surface area contributed by atoms with E-state index < -0.39 is 10.0 Å². The number of amides is 1. The van der Waals surface area contributed by atoms with Crippen molar-refractivity contribution in [2.75, 3.05) is 25.9 Å². The molecule has 0 unspecified atom stereocenters. The molecule has 0 aliphatic carbocycles. The molecule has 2 atom stereocenters. The molecule has 3 rings (SSSR count). The van der Waals surface area contributed by atoms with E-state index in [0.717, 1.165) is 31.9 Å². The van der Waals surface area contributed by atoms with Crippen molar-refractivity contribution in [1.82, 2.24) is 9.62 Å². The first-order valence-corrected chi connectivity index (χ1v) is 10.1. The highest BCUT2D eigenvalue weighted by atomic mass is 32.2. The summed E-state index contributed by atoms with van der Waals surface area (Å²) in [4.78, 5) is 14.3. The van der Waals surface area contributed by atoms with Crippen LogP contribution in [0.3, 0.4) is 0 Å². The average Bonchev–Trinajstić information content (AvgIpc) is 3.11. The minimum Gasteiger partial charge on any atom is -0.456 e. The number of carbonyl (C=O) groups excluding carboxylic acids is 1. The van der Waals surface area contributed by atoms with Gasteiger partial charge >= 0.3 is 0 Å². The van der Waals surface area contributed by atoms with Crippen molar-refractivity contribution in [2.24, 2.45) is 0 Å². The van der Waals surface area contributed by atoms with Crippen LogP contribution in [0.1, 0.15) is 42.0 Å². The number of furan rings is 1. The molecule has 2 saturated heterocycles. The number of hydrogen-bond donors (Lipinski definition) is 1. The molecule has 1 spiro atoms. The molecular weight excluding hydrogens is 332 g/mol. The van der Waals surface area contributed by atoms with Gasteiger partial charge in [0.15, 0.2) is 5.76 Å². The number of likely N-dealkylation sites (tertiary alicyclic amines) is 1. The van der Waals surface area contributed by atoms with E-state index in [4.69, 9.17) is 9.15 Å². The normalized spacial score (nSPS) is 27.8. The van der Waals surface area contributed by atoms with Crippen LogP contribution in [-0.2, 0) is 14.8 Å². The van der Waals surface area contributed by atoms with Gasteiger partial charge in [-0.25, -0.2) is 13.1 Å². The Morgan fingerprint density at radius 3 is 2.88 bits per heavy atom. The largest absolute Gasteiger partial charge is 0.456 e. The molecule has 2 aliphatic rings. The number of ether oxygens (including phenoxy) is 1. The Morgan fingerprint density at radius 2 is 2.21 bits per heavy atom. The maximum Gasteiger partial charge on any atom is 0.289 e. The molecule has 7 nitrogen and oxygen atoms in total. The number of nitrogens with one attached hydrogen (secondary N) is 1. The van der Waals surface area contributed by atoms with Gasteiger partial charge in [0.25, 0.3) is 5.91 Å². The van der Waals surface area contributed by atoms with E-state index in [1.807, 2.05) is 6.92 Å². The fourth-order valence-corrected chi connectivity index (χ4v) is 4.02. The van der Waals surface area contributed by atoms with Crippen molar-refractivity contribution >= 4 is 15.9 Å². The highest BCUT2D eigenvalue weighted by molar-refractivity contribution is 7.88. The lowest BCUT2D eigenvalue weighted by atomic mass is 9.90. The number of sulfonamides is 1. The van der Waals surface area contributed by atoms with Gasteiger partial charge in [0.1, 0.15) is 5.76 Å². The standard InChI is InChI=1S/C16H24N2O5S/c1-12-5-6-14(22-12)15(19)18-9-8-16(11-18)7-3-4-13(23-16)10-17-24(2,20)21/h5-6,13,17H,3-4,7-11H2,1-2H3/t13-,16+/m0/s1. The molecule has 1 N–H and O–H groups in total. The van der Waals surface area contributed by atoms with E-state index >= 15 is 0 Å². The molecule has 24 heavy (non-hydrogen) atoms. The van der Waals surface area contributed by atoms with Gasteiger partial charge in [-0.05, 0) is 44.7 Å². The van der Waals surface area contributed by atoms with Gasteiger partial charge in [-0.2, -0.15) is 0 Å². The monoisotopic (exact) mass is 356 g/mol. The van der Waals surface area contributed by atoms with Gasteiger partial charge < -0.3 is 14.1 Å². The van der Waals surface area contributed by atoms with Crippen LogP contribution >= 0.6 is 0 Å². The molecule has 0 radical (unpaired) electrons. The van der Waals surface area contributed by atoms with Gasteiger partial charge in [-0.1, -0.05) is 0 Å². The summed E-state index contributed by atoms with van der Waals surface area (Å²) >= 11 is 0. The summed E-state index contributed by atoms with van der Waals surface area (Å²) in [5.74, 6) is 0.962. The van der Waals surface area contributed by atoms with E-state index in [9.17, 15) is 13.2 Å². The molecular formula is C16H24N2O5S. The smallest absolute Gasteiger partial charge is 0.289 e. The fraction of sp³-hybridized carbons (Fsp3) is 0.688. The Labute approximate surface area is 142 Å². The number of rotatable bonds is 4. The van der Waals surface area contributed by atoms with E-state index in [1.165, 1.54) is 0 Å². The molecule has 8 heteroatoms. The summed E-state index contributed by atoms with van der Waals surface area (Å²) in [5.41, 5.74) is -0.362. The number of hydrogen-bond acceptors (Lipinski definition) is 5. The Morgan fingerprint density at radius 1 is 1.42 bits per heavy atom. The summed E-state index contributed by atoms with van der Waals surface area (Å²) in [7, 11) is -3.22. The Balaban J connectivity index is 1.61. The summed E-state index contributed by atoms with van der Waals surface area (Å²) in [6, 6.07) is 3.48. The van der Waals surface area contributed by atoms with Crippen molar-refractivity contribution in [2.45, 2.75) is 44.3 Å². The lowest BCUT2D eigenvalue weighted by molar-refractivity contribution is -0.116. The highest BCUT2D eigenvalue weighted by Crippen LogP contribution is 2.37. The molecule has 0 bridgehead atoms. The lowest BCUT2D eigenvalue weighted by Gasteiger charge is -2.38. The van der Waals surface area contributed by atoms with E-state index in [0.29, 0.717) is 24.6 Å². The second-order valence-corrected chi connectivity index (χ2v) is 8.66. The molecule has 1 amide bonds. The first kappa shape index (κ1) is 17.4. The predicted molar refractivity (Wildman–Crippen MR) is 88.3 cm³/mol. The van der Waals surface area contributed by atoms with Gasteiger partial charge in [0, 0.05) is 13.1 Å². The number of carbonyl (C=O) groups is 1. The van der Waals surface area contributed by atoms with Crippen molar-refractivity contribution < 1.29 is 22.4 Å². The maximum atomic E-state index is 12.5. The van der Waals surface area contributed by atoms with Gasteiger partial charge in [-0.3, -0.25) is 4.79 Å². The van der Waals surface area contributed by atoms with Crippen LogP contribution < -0.4 is 4.72 Å². The molecule has 1 aromatic heterocycles. The number of aryl methyl sites for hydroxylation is 1. The zero-order chi connectivity index (χ0) is 17.4. The highest BCUT2D eigenvalue weighted by Gasteiger charge is 2.44. The maximum absolute atomic E-state index is 12.5. The van der Waals surface area contributed by atoms with Crippen LogP contribution in [0, 0.1) is 6.92 Å². The van der Waals surface area contributed by atoms with Crippen molar-refractivity contribution in [1.29, 1.82) is 0 Å². The first-order valence-electron chi connectivity index (χ1n) is 8.25. The van der Waals surface area contributed by atoms with Crippen LogP contribution in [0.2, 0.25) is 0 Å². The zero-order valence-corrected chi connectivity index (χ0v) is 14.9. The molecule has 2 fully saturated rings. The topological polar surface area (TPSA) is 88.9 Å². The van der Waals surface area contributed by atoms with Crippen molar-refractivity contribution in [3.63, 3.8) is 0 Å². The summed E-state index contributed by atoms with van der Waals surface area (Å²) in [6.07, 6.45) is 4.46. The third kappa shape index (κ3) is 3.99. The second kappa shape index (κ2) is 6.50. The molecule has 134 valence electrons. The van der Waals surface area contributed by atoms with Gasteiger partial charge in [-0.15, -0.1) is 0 Å². The molecule has 0 aromatic carbocycles. The van der Waals surface area contributed by atoms with Crippen LogP contribution in [0.5, 0.6) is 0 Å². The van der Waals surface area contributed by atoms with E-state index in [1.54, 1.807) is 17.0 Å². The molecule has 0 saturated carbocycles. The Bertz CT molecular complexity index is 714. The van der Waals surface area contributed by atoms with Gasteiger partial charge in [0.05, 0.1) is 24.5 Å². The Kier molecular flexibility index (Phi) is 4.72. The van der Waals surface area contributed by atoms with Crippen LogP contribution in [0.15, 0.2) is 16.5 Å². The van der Waals surface area contributed by atoms with E-state index in [-0.39, 0.29) is 24.2 Å². The predicted octanol–water partition coefficient (Wildman–Crippen LogP) is 1.29. The minimum atomic E-state index is -3.22. The Hall–Kier alpha value is -1.38. The fourth-order valence-electron chi connectivity index (χ4n) is 3.53. The number of nitrogens with zero attached hydrogens (tertiary/aromatic N) is 1. The zero-order valence-electron chi connectivity index (χ0n) is 14.1. The lowest BCUT2D eigenvalue weighted by Crippen LogP contribution is -2.47. The third-order valence-electron chi connectivity index (χ3n) is 4.70. The van der Waals surface area contributed by atoms with Gasteiger partial charge in [0.2, 0.25) is 10.0 Å². The first-order chi connectivity index (χ1) is 11.3. The molecule has 2 aliphatic heterocycles. The summed E-state index contributed by atoms with van der Waals surface area (Å²) in [6.45, 7) is 3.25. The van der Waals surface area contributed by atoms with Crippen LogP contribution in [0.4, 0.5) is 0 Å². The quantitative estimate of drug-likeness (QED) is 0.878. The minimum absolute atomic E-state index is 0.111. The molecule has 1 aromatic rings. The van der Waals surface area contributed by atoms with Crippen LogP contribution in [0.25, 0.3) is 0 Å². The summed E-state index contributed by atoms with van der Waals surface area (Å²) < 4.78 is 36.6.